The number of carbonyl (C=O) groups excluding carboxylic acids is 1. The molecule has 3 nitrogen and oxygen atoms in total. The molecule has 1 atom stereocenters. The van der Waals surface area contributed by atoms with Crippen molar-refractivity contribution in [2.75, 3.05) is 13.1 Å². The van der Waals surface area contributed by atoms with Crippen molar-refractivity contribution in [3.8, 4) is 0 Å². The summed E-state index contributed by atoms with van der Waals surface area (Å²) in [4.78, 5) is 14.1. The molecule has 104 valence electrons. The Hall–Kier alpha value is -0.730. The molecule has 0 bridgehead atoms. The smallest absolute Gasteiger partial charge is 0.317 e. The molecule has 2 amide bonds. The molecular formula is C15H28N2O. The fourth-order valence-corrected chi connectivity index (χ4v) is 3.36. The van der Waals surface area contributed by atoms with Crippen LogP contribution in [-0.2, 0) is 0 Å². The van der Waals surface area contributed by atoms with Crippen molar-refractivity contribution >= 4 is 6.03 Å². The quantitative estimate of drug-likeness (QED) is 0.818. The van der Waals surface area contributed by atoms with E-state index in [1.54, 1.807) is 0 Å². The maximum atomic E-state index is 12.1. The van der Waals surface area contributed by atoms with Crippen LogP contribution in [0.25, 0.3) is 0 Å². The normalized spacial score (nSPS) is 26.1. The summed E-state index contributed by atoms with van der Waals surface area (Å²) in [7, 11) is 0. The van der Waals surface area contributed by atoms with Crippen LogP contribution in [0.3, 0.4) is 0 Å². The number of urea groups is 1. The third kappa shape index (κ3) is 3.89. The van der Waals surface area contributed by atoms with E-state index in [-0.39, 0.29) is 6.03 Å². The number of piperidine rings is 1. The van der Waals surface area contributed by atoms with Crippen molar-refractivity contribution in [1.82, 2.24) is 10.2 Å². The third-order valence-corrected chi connectivity index (χ3v) is 4.62. The van der Waals surface area contributed by atoms with Gasteiger partial charge in [0, 0.05) is 19.1 Å². The number of hydrogen-bond acceptors (Lipinski definition) is 1. The summed E-state index contributed by atoms with van der Waals surface area (Å²) in [6, 6.07) is 0.589. The predicted octanol–water partition coefficient (Wildman–Crippen LogP) is 3.54. The van der Waals surface area contributed by atoms with Crippen molar-refractivity contribution in [3.63, 3.8) is 0 Å². The Morgan fingerprint density at radius 2 is 1.83 bits per heavy atom. The Balaban J connectivity index is 1.64. The summed E-state index contributed by atoms with van der Waals surface area (Å²) < 4.78 is 0. The van der Waals surface area contributed by atoms with Crippen LogP contribution in [0.5, 0.6) is 0 Å². The van der Waals surface area contributed by atoms with Gasteiger partial charge in [-0.25, -0.2) is 4.79 Å². The average molecular weight is 252 g/mol. The highest BCUT2D eigenvalue weighted by Gasteiger charge is 2.23. The van der Waals surface area contributed by atoms with Gasteiger partial charge in [-0.05, 0) is 38.5 Å². The molecule has 0 spiro atoms. The van der Waals surface area contributed by atoms with E-state index in [9.17, 15) is 4.79 Å². The first-order valence-corrected chi connectivity index (χ1v) is 7.82. The van der Waals surface area contributed by atoms with Gasteiger partial charge in [0.2, 0.25) is 0 Å². The Kier molecular flexibility index (Phi) is 5.33. The number of amides is 2. The van der Waals surface area contributed by atoms with Crippen LogP contribution in [0, 0.1) is 5.92 Å². The van der Waals surface area contributed by atoms with E-state index in [1.807, 2.05) is 4.90 Å². The summed E-state index contributed by atoms with van der Waals surface area (Å²) in [5.74, 6) is 0.859. The van der Waals surface area contributed by atoms with Crippen LogP contribution in [0.2, 0.25) is 0 Å². The summed E-state index contributed by atoms with van der Waals surface area (Å²) in [5.41, 5.74) is 0. The zero-order valence-corrected chi connectivity index (χ0v) is 11.8. The number of rotatable bonds is 3. The predicted molar refractivity (Wildman–Crippen MR) is 74.6 cm³/mol. The Morgan fingerprint density at radius 1 is 1.11 bits per heavy atom. The zero-order chi connectivity index (χ0) is 12.8. The van der Waals surface area contributed by atoms with Crippen molar-refractivity contribution in [2.45, 2.75) is 70.8 Å². The lowest BCUT2D eigenvalue weighted by molar-refractivity contribution is 0.157. The highest BCUT2D eigenvalue weighted by molar-refractivity contribution is 5.74. The number of likely N-dealkylation sites (tertiary alicyclic amines) is 1. The van der Waals surface area contributed by atoms with Crippen LogP contribution in [0.15, 0.2) is 0 Å². The molecule has 2 aliphatic rings. The fourth-order valence-electron chi connectivity index (χ4n) is 3.36. The van der Waals surface area contributed by atoms with E-state index in [2.05, 4.69) is 12.2 Å². The van der Waals surface area contributed by atoms with E-state index in [0.29, 0.717) is 6.04 Å². The lowest BCUT2D eigenvalue weighted by atomic mass is 9.87. The van der Waals surface area contributed by atoms with E-state index in [4.69, 9.17) is 0 Å². The van der Waals surface area contributed by atoms with E-state index < -0.39 is 0 Å². The standard InChI is InChI=1S/C15H28N2O/c1-13-7-5-6-12-17(13)15(18)16-11-10-14-8-3-2-4-9-14/h13-14H,2-12H2,1H3,(H,16,18). The minimum atomic E-state index is 0.165. The van der Waals surface area contributed by atoms with Gasteiger partial charge in [-0.15, -0.1) is 0 Å². The van der Waals surface area contributed by atoms with Crippen LogP contribution in [0.1, 0.15) is 64.7 Å². The molecule has 1 aliphatic carbocycles. The van der Waals surface area contributed by atoms with Crippen molar-refractivity contribution in [2.24, 2.45) is 5.92 Å². The van der Waals surface area contributed by atoms with Crippen molar-refractivity contribution in [1.29, 1.82) is 0 Å². The number of carbonyl (C=O) groups is 1. The molecule has 0 aromatic carbocycles. The van der Waals surface area contributed by atoms with Gasteiger partial charge in [0.05, 0.1) is 0 Å². The highest BCUT2D eigenvalue weighted by Crippen LogP contribution is 2.25. The SMILES string of the molecule is CC1CCCCN1C(=O)NCCC1CCCCC1. The van der Waals surface area contributed by atoms with Crippen molar-refractivity contribution in [3.05, 3.63) is 0 Å². The lowest BCUT2D eigenvalue weighted by Crippen LogP contribution is -2.47. The summed E-state index contributed by atoms with van der Waals surface area (Å²) in [6.07, 6.45) is 11.7. The lowest BCUT2D eigenvalue weighted by Gasteiger charge is -2.33. The Morgan fingerprint density at radius 3 is 2.56 bits per heavy atom. The molecule has 0 aromatic rings. The minimum Gasteiger partial charge on any atom is -0.338 e. The number of nitrogens with one attached hydrogen (secondary N) is 1. The molecule has 1 saturated heterocycles. The summed E-state index contributed by atoms with van der Waals surface area (Å²) in [6.45, 7) is 3.98. The van der Waals surface area contributed by atoms with Gasteiger partial charge in [-0.3, -0.25) is 0 Å². The fraction of sp³-hybridized carbons (Fsp3) is 0.933. The minimum absolute atomic E-state index is 0.165. The maximum absolute atomic E-state index is 12.1. The molecule has 1 saturated carbocycles. The third-order valence-electron chi connectivity index (χ3n) is 4.62. The Labute approximate surface area is 111 Å². The van der Waals surface area contributed by atoms with Gasteiger partial charge in [0.15, 0.2) is 0 Å². The van der Waals surface area contributed by atoms with E-state index >= 15 is 0 Å². The zero-order valence-electron chi connectivity index (χ0n) is 11.8. The second-order valence-corrected chi connectivity index (χ2v) is 6.06. The molecule has 2 fully saturated rings. The van der Waals surface area contributed by atoms with Gasteiger partial charge in [0.1, 0.15) is 0 Å². The molecule has 1 heterocycles. The van der Waals surface area contributed by atoms with Crippen molar-refractivity contribution < 1.29 is 4.79 Å². The van der Waals surface area contributed by atoms with Crippen LogP contribution in [-0.4, -0.2) is 30.1 Å². The molecule has 2 rings (SSSR count). The van der Waals surface area contributed by atoms with Crippen LogP contribution < -0.4 is 5.32 Å². The van der Waals surface area contributed by atoms with Gasteiger partial charge >= 0.3 is 6.03 Å². The number of hydrogen-bond donors (Lipinski definition) is 1. The van der Waals surface area contributed by atoms with Gasteiger partial charge < -0.3 is 10.2 Å². The van der Waals surface area contributed by atoms with Crippen LogP contribution >= 0.6 is 0 Å². The molecule has 1 N–H and O–H groups in total. The molecule has 0 aromatic heterocycles. The van der Waals surface area contributed by atoms with Gasteiger partial charge in [0.25, 0.3) is 0 Å². The summed E-state index contributed by atoms with van der Waals surface area (Å²) in [5, 5.41) is 3.12. The largest absolute Gasteiger partial charge is 0.338 e. The Bertz CT molecular complexity index is 261. The molecular weight excluding hydrogens is 224 g/mol. The molecule has 3 heteroatoms. The molecule has 1 aliphatic heterocycles. The molecule has 0 radical (unpaired) electrons. The van der Waals surface area contributed by atoms with Gasteiger partial charge in [-0.2, -0.15) is 0 Å². The summed E-state index contributed by atoms with van der Waals surface area (Å²) >= 11 is 0. The van der Waals surface area contributed by atoms with E-state index in [1.165, 1.54) is 51.4 Å². The average Bonchev–Trinajstić information content (AvgIpc) is 2.40. The second kappa shape index (κ2) is 7.01. The first-order chi connectivity index (χ1) is 8.77. The first-order valence-electron chi connectivity index (χ1n) is 7.82. The maximum Gasteiger partial charge on any atom is 0.317 e. The van der Waals surface area contributed by atoms with Crippen LogP contribution in [0.4, 0.5) is 4.79 Å². The number of nitrogens with zero attached hydrogens (tertiary/aromatic N) is 1. The highest BCUT2D eigenvalue weighted by atomic mass is 16.2. The monoisotopic (exact) mass is 252 g/mol. The molecule has 18 heavy (non-hydrogen) atoms. The topological polar surface area (TPSA) is 32.3 Å². The first kappa shape index (κ1) is 13.7. The second-order valence-electron chi connectivity index (χ2n) is 6.06. The molecule has 1 unspecified atom stereocenters. The van der Waals surface area contributed by atoms with E-state index in [0.717, 1.165) is 25.4 Å². The van der Waals surface area contributed by atoms with Gasteiger partial charge in [-0.1, -0.05) is 32.1 Å².